The molecule has 0 N–H and O–H groups in total. The first-order chi connectivity index (χ1) is 12.2. The van der Waals surface area contributed by atoms with Crippen molar-refractivity contribution in [2.24, 2.45) is 11.8 Å². The fraction of sp³-hybridized carbons (Fsp3) is 0.682. The molecule has 0 aromatic heterocycles. The number of alkyl halides is 1. The number of carbonyl (C=O) groups is 1. The highest BCUT2D eigenvalue weighted by atomic mass is 79.9. The maximum atomic E-state index is 13.2. The molecule has 1 aliphatic heterocycles. The van der Waals surface area contributed by atoms with E-state index in [0.29, 0.717) is 5.91 Å². The second kappa shape index (κ2) is 9.21. The molecule has 1 saturated carbocycles. The van der Waals surface area contributed by atoms with Crippen LogP contribution >= 0.6 is 15.9 Å². The Morgan fingerprint density at radius 2 is 2.04 bits per heavy atom. The van der Waals surface area contributed by atoms with Crippen LogP contribution in [0.1, 0.15) is 69.4 Å². The Morgan fingerprint density at radius 3 is 2.76 bits per heavy atom. The third kappa shape index (κ3) is 4.67. The number of benzene rings is 1. The number of hydrogen-bond donors (Lipinski definition) is 0. The molecule has 1 amide bonds. The lowest BCUT2D eigenvalue weighted by Crippen LogP contribution is -2.40. The van der Waals surface area contributed by atoms with E-state index in [0.717, 1.165) is 49.9 Å². The summed E-state index contributed by atoms with van der Waals surface area (Å²) in [5, 5.41) is 0.996. The molecule has 3 rings (SSSR count). The number of fused-ring (bicyclic) bond motifs is 1. The van der Waals surface area contributed by atoms with Crippen molar-refractivity contribution in [1.82, 2.24) is 0 Å². The van der Waals surface area contributed by atoms with Crippen LogP contribution < -0.4 is 4.90 Å². The van der Waals surface area contributed by atoms with Crippen molar-refractivity contribution < 1.29 is 4.79 Å². The van der Waals surface area contributed by atoms with Gasteiger partial charge in [0.1, 0.15) is 0 Å². The van der Waals surface area contributed by atoms with E-state index in [1.54, 1.807) is 0 Å². The Labute approximate surface area is 161 Å². The molecule has 2 nitrogen and oxygen atoms in total. The molecular formula is C22H32BrNO. The topological polar surface area (TPSA) is 20.3 Å². The monoisotopic (exact) mass is 405 g/mol. The van der Waals surface area contributed by atoms with Gasteiger partial charge in [-0.1, -0.05) is 54.2 Å². The van der Waals surface area contributed by atoms with Gasteiger partial charge >= 0.3 is 0 Å². The third-order valence-electron chi connectivity index (χ3n) is 6.07. The minimum absolute atomic E-state index is 0.256. The van der Waals surface area contributed by atoms with Gasteiger partial charge in [0, 0.05) is 23.5 Å². The largest absolute Gasteiger partial charge is 0.312 e. The molecule has 1 aliphatic carbocycles. The lowest BCUT2D eigenvalue weighted by atomic mass is 9.79. The summed E-state index contributed by atoms with van der Waals surface area (Å²) in [6.45, 7) is 3.17. The Bertz CT molecular complexity index is 577. The van der Waals surface area contributed by atoms with Gasteiger partial charge in [0.05, 0.1) is 0 Å². The summed E-state index contributed by atoms with van der Waals surface area (Å²) in [7, 11) is 0. The lowest BCUT2D eigenvalue weighted by molar-refractivity contribution is -0.123. The average Bonchev–Trinajstić information content (AvgIpc) is 2.66. The van der Waals surface area contributed by atoms with E-state index in [1.807, 2.05) is 0 Å². The predicted molar refractivity (Wildman–Crippen MR) is 110 cm³/mol. The number of aryl methyl sites for hydroxylation is 2. The van der Waals surface area contributed by atoms with Crippen LogP contribution in [-0.4, -0.2) is 17.8 Å². The maximum Gasteiger partial charge on any atom is 0.230 e. The number of rotatable bonds is 6. The molecule has 2 aliphatic rings. The van der Waals surface area contributed by atoms with E-state index in [9.17, 15) is 4.79 Å². The SMILES string of the molecule is CCCCC1CCC(C(=O)N2CCCc3cc(CCBr)ccc32)CC1. The summed E-state index contributed by atoms with van der Waals surface area (Å²) < 4.78 is 0. The molecule has 1 fully saturated rings. The molecule has 25 heavy (non-hydrogen) atoms. The molecule has 0 unspecified atom stereocenters. The van der Waals surface area contributed by atoms with E-state index in [2.05, 4.69) is 46.0 Å². The molecule has 0 atom stereocenters. The fourth-order valence-corrected chi connectivity index (χ4v) is 5.01. The van der Waals surface area contributed by atoms with Gasteiger partial charge < -0.3 is 4.90 Å². The van der Waals surface area contributed by atoms with E-state index < -0.39 is 0 Å². The van der Waals surface area contributed by atoms with Crippen LogP contribution in [0.3, 0.4) is 0 Å². The number of anilines is 1. The molecule has 0 radical (unpaired) electrons. The number of unbranched alkanes of at least 4 members (excludes halogenated alkanes) is 1. The molecule has 1 aromatic rings. The fourth-order valence-electron chi connectivity index (χ4n) is 4.56. The number of hydrogen-bond acceptors (Lipinski definition) is 1. The van der Waals surface area contributed by atoms with Crippen molar-refractivity contribution in [2.45, 2.75) is 71.1 Å². The smallest absolute Gasteiger partial charge is 0.230 e. The first-order valence-electron chi connectivity index (χ1n) is 10.2. The highest BCUT2D eigenvalue weighted by Gasteiger charge is 2.31. The second-order valence-corrected chi connectivity index (χ2v) is 8.65. The zero-order valence-electron chi connectivity index (χ0n) is 15.6. The van der Waals surface area contributed by atoms with Crippen molar-refractivity contribution in [3.05, 3.63) is 29.3 Å². The first-order valence-corrected chi connectivity index (χ1v) is 11.3. The van der Waals surface area contributed by atoms with E-state index >= 15 is 0 Å². The van der Waals surface area contributed by atoms with Crippen LogP contribution in [0.4, 0.5) is 5.69 Å². The standard InChI is InChI=1S/C22H32BrNO/c1-2-3-5-17-7-10-19(11-8-17)22(25)24-15-4-6-20-16-18(13-14-23)9-12-21(20)24/h9,12,16-17,19H,2-8,10-11,13-15H2,1H3. The quantitative estimate of drug-likeness (QED) is 0.539. The van der Waals surface area contributed by atoms with Gasteiger partial charge in [-0.2, -0.15) is 0 Å². The Morgan fingerprint density at radius 1 is 1.24 bits per heavy atom. The molecule has 1 heterocycles. The summed E-state index contributed by atoms with van der Waals surface area (Å²) >= 11 is 3.53. The van der Waals surface area contributed by atoms with Gasteiger partial charge in [0.25, 0.3) is 0 Å². The van der Waals surface area contributed by atoms with Crippen LogP contribution in [0.2, 0.25) is 0 Å². The Balaban J connectivity index is 1.64. The van der Waals surface area contributed by atoms with Crippen molar-refractivity contribution in [1.29, 1.82) is 0 Å². The van der Waals surface area contributed by atoms with Crippen LogP contribution in [0, 0.1) is 11.8 Å². The Kier molecular flexibility index (Phi) is 6.98. The van der Waals surface area contributed by atoms with E-state index in [-0.39, 0.29) is 5.92 Å². The highest BCUT2D eigenvalue weighted by molar-refractivity contribution is 9.09. The van der Waals surface area contributed by atoms with E-state index in [1.165, 1.54) is 48.9 Å². The summed E-state index contributed by atoms with van der Waals surface area (Å²) in [6.07, 6.45) is 12.0. The molecule has 0 saturated heterocycles. The molecule has 0 spiro atoms. The summed E-state index contributed by atoms with van der Waals surface area (Å²) in [6, 6.07) is 6.71. The maximum absolute atomic E-state index is 13.2. The van der Waals surface area contributed by atoms with Crippen LogP contribution in [0.25, 0.3) is 0 Å². The predicted octanol–water partition coefficient (Wildman–Crippen LogP) is 5.90. The van der Waals surface area contributed by atoms with Gasteiger partial charge in [0.2, 0.25) is 5.91 Å². The van der Waals surface area contributed by atoms with Gasteiger partial charge in [-0.15, -0.1) is 0 Å². The lowest BCUT2D eigenvalue weighted by Gasteiger charge is -2.35. The summed E-state index contributed by atoms with van der Waals surface area (Å²) in [5.41, 5.74) is 3.93. The molecule has 3 heteroatoms. The van der Waals surface area contributed by atoms with Gasteiger partial charge in [-0.3, -0.25) is 4.79 Å². The number of carbonyl (C=O) groups excluding carboxylic acids is 1. The van der Waals surface area contributed by atoms with Crippen LogP contribution in [0.15, 0.2) is 18.2 Å². The van der Waals surface area contributed by atoms with Crippen molar-refractivity contribution in [3.63, 3.8) is 0 Å². The third-order valence-corrected chi connectivity index (χ3v) is 6.47. The van der Waals surface area contributed by atoms with Crippen LogP contribution in [-0.2, 0) is 17.6 Å². The van der Waals surface area contributed by atoms with Crippen molar-refractivity contribution in [3.8, 4) is 0 Å². The van der Waals surface area contributed by atoms with Crippen LogP contribution in [0.5, 0.6) is 0 Å². The molecule has 0 bridgehead atoms. The zero-order valence-corrected chi connectivity index (χ0v) is 17.2. The normalized spacial score (nSPS) is 23.4. The van der Waals surface area contributed by atoms with Crippen molar-refractivity contribution in [2.75, 3.05) is 16.8 Å². The Hall–Kier alpha value is -0.830. The average molecular weight is 406 g/mol. The van der Waals surface area contributed by atoms with Gasteiger partial charge in [0.15, 0.2) is 0 Å². The molecule has 1 aromatic carbocycles. The van der Waals surface area contributed by atoms with Gasteiger partial charge in [-0.05, 0) is 68.1 Å². The zero-order chi connectivity index (χ0) is 17.6. The second-order valence-electron chi connectivity index (χ2n) is 7.86. The minimum atomic E-state index is 0.256. The number of amides is 1. The summed E-state index contributed by atoms with van der Waals surface area (Å²) in [5.74, 6) is 1.51. The highest BCUT2D eigenvalue weighted by Crippen LogP contribution is 2.36. The van der Waals surface area contributed by atoms with Crippen molar-refractivity contribution >= 4 is 27.5 Å². The van der Waals surface area contributed by atoms with Gasteiger partial charge in [-0.25, -0.2) is 0 Å². The number of halogens is 1. The summed E-state index contributed by atoms with van der Waals surface area (Å²) in [4.78, 5) is 15.3. The minimum Gasteiger partial charge on any atom is -0.312 e. The molecular weight excluding hydrogens is 374 g/mol. The van der Waals surface area contributed by atoms with E-state index in [4.69, 9.17) is 0 Å². The number of nitrogens with zero attached hydrogens (tertiary/aromatic N) is 1. The molecule has 138 valence electrons. The first kappa shape index (κ1) is 18.9.